The highest BCUT2D eigenvalue weighted by molar-refractivity contribution is 5.76. The van der Waals surface area contributed by atoms with Crippen molar-refractivity contribution in [2.24, 2.45) is 24.8 Å². The first-order valence-corrected chi connectivity index (χ1v) is 12.5. The standard InChI is InChI=1S/C25H33N5O5/c1-4-33-24(31)22-18-11-17(12-19(18)22)35-16-9-10-20(26-13-16)23-21(30(3)28-27-23)14-34-25(32)29(2)15-7-5-6-8-15/h9-10,13,15,17-19,22H,4-8,11-12,14H2,1-3H3. The molecule has 0 bridgehead atoms. The zero-order chi connectivity index (χ0) is 24.5. The van der Waals surface area contributed by atoms with Crippen LogP contribution in [0.5, 0.6) is 5.75 Å². The number of esters is 1. The molecule has 1 amide bonds. The molecule has 10 nitrogen and oxygen atoms in total. The number of nitrogens with zero attached hydrogens (tertiary/aromatic N) is 5. The van der Waals surface area contributed by atoms with E-state index in [1.165, 1.54) is 0 Å². The minimum absolute atomic E-state index is 0.0532. The fourth-order valence-corrected chi connectivity index (χ4v) is 5.67. The Morgan fingerprint density at radius 3 is 2.54 bits per heavy atom. The van der Waals surface area contributed by atoms with Gasteiger partial charge in [-0.3, -0.25) is 9.78 Å². The average Bonchev–Trinajstić information content (AvgIpc) is 3.29. The molecule has 0 aromatic carbocycles. The van der Waals surface area contributed by atoms with Gasteiger partial charge >= 0.3 is 12.1 Å². The summed E-state index contributed by atoms with van der Waals surface area (Å²) in [5.41, 5.74) is 1.90. The second-order valence-electron chi connectivity index (χ2n) is 9.81. The molecule has 2 aromatic heterocycles. The molecule has 0 N–H and O–H groups in total. The van der Waals surface area contributed by atoms with Gasteiger partial charge in [0.2, 0.25) is 0 Å². The maximum atomic E-state index is 12.5. The molecule has 2 aromatic rings. The van der Waals surface area contributed by atoms with E-state index in [0.717, 1.165) is 38.5 Å². The van der Waals surface area contributed by atoms with Crippen LogP contribution in [0.1, 0.15) is 51.1 Å². The van der Waals surface area contributed by atoms with Gasteiger partial charge in [0.15, 0.2) is 0 Å². The summed E-state index contributed by atoms with van der Waals surface area (Å²) < 4.78 is 18.4. The van der Waals surface area contributed by atoms with Crippen molar-refractivity contribution in [3.8, 4) is 17.1 Å². The number of fused-ring (bicyclic) bond motifs is 1. The van der Waals surface area contributed by atoms with Crippen molar-refractivity contribution < 1.29 is 23.8 Å². The van der Waals surface area contributed by atoms with E-state index in [9.17, 15) is 9.59 Å². The van der Waals surface area contributed by atoms with Crippen LogP contribution in [0, 0.1) is 17.8 Å². The number of rotatable bonds is 8. The maximum Gasteiger partial charge on any atom is 0.410 e. The molecule has 2 heterocycles. The van der Waals surface area contributed by atoms with Crippen molar-refractivity contribution in [2.45, 2.75) is 64.2 Å². The van der Waals surface area contributed by atoms with Gasteiger partial charge in [0.1, 0.15) is 23.7 Å². The summed E-state index contributed by atoms with van der Waals surface area (Å²) in [6, 6.07) is 3.96. The molecule has 3 aliphatic carbocycles. The second-order valence-corrected chi connectivity index (χ2v) is 9.81. The molecule has 2 unspecified atom stereocenters. The Labute approximate surface area is 204 Å². The molecular formula is C25H33N5O5. The normalized spacial score (nSPS) is 25.2. The highest BCUT2D eigenvalue weighted by Gasteiger charge is 2.61. The Morgan fingerprint density at radius 1 is 1.14 bits per heavy atom. The lowest BCUT2D eigenvalue weighted by molar-refractivity contribution is -0.145. The first-order chi connectivity index (χ1) is 17.0. The topological polar surface area (TPSA) is 109 Å². The van der Waals surface area contributed by atoms with Gasteiger partial charge < -0.3 is 19.1 Å². The van der Waals surface area contributed by atoms with Crippen molar-refractivity contribution in [3.63, 3.8) is 0 Å². The van der Waals surface area contributed by atoms with E-state index in [1.807, 2.05) is 19.1 Å². The molecule has 188 valence electrons. The van der Waals surface area contributed by atoms with Gasteiger partial charge in [-0.1, -0.05) is 18.1 Å². The quantitative estimate of drug-likeness (QED) is 0.526. The SMILES string of the molecule is CCOC(=O)C1C2CC(Oc3ccc(-c4nnn(C)c4COC(=O)N(C)C4CCCC4)nc3)CC21. The van der Waals surface area contributed by atoms with E-state index in [0.29, 0.717) is 41.3 Å². The lowest BCUT2D eigenvalue weighted by Gasteiger charge is -2.23. The molecule has 0 saturated heterocycles. The lowest BCUT2D eigenvalue weighted by atomic mass is 10.1. The van der Waals surface area contributed by atoms with E-state index in [1.54, 1.807) is 29.9 Å². The molecule has 0 spiro atoms. The van der Waals surface area contributed by atoms with E-state index in [4.69, 9.17) is 14.2 Å². The van der Waals surface area contributed by atoms with Gasteiger partial charge in [-0.15, -0.1) is 5.10 Å². The number of ether oxygens (including phenoxy) is 3. The largest absolute Gasteiger partial charge is 0.489 e. The molecule has 3 saturated carbocycles. The van der Waals surface area contributed by atoms with E-state index < -0.39 is 0 Å². The first kappa shape index (κ1) is 23.6. The molecule has 35 heavy (non-hydrogen) atoms. The molecule has 10 heteroatoms. The molecular weight excluding hydrogens is 450 g/mol. The van der Waals surface area contributed by atoms with Crippen LogP contribution in [0.4, 0.5) is 4.79 Å². The third kappa shape index (κ3) is 4.83. The Morgan fingerprint density at radius 2 is 1.89 bits per heavy atom. The first-order valence-electron chi connectivity index (χ1n) is 12.5. The Bertz CT molecular complexity index is 1050. The number of aryl methyl sites for hydroxylation is 1. The summed E-state index contributed by atoms with van der Waals surface area (Å²) in [6.07, 6.45) is 7.52. The summed E-state index contributed by atoms with van der Waals surface area (Å²) in [6.45, 7) is 2.34. The van der Waals surface area contributed by atoms with Crippen LogP contribution >= 0.6 is 0 Å². The fourth-order valence-electron chi connectivity index (χ4n) is 5.67. The maximum absolute atomic E-state index is 12.5. The van der Waals surface area contributed by atoms with Crippen LogP contribution < -0.4 is 4.74 Å². The summed E-state index contributed by atoms with van der Waals surface area (Å²) >= 11 is 0. The summed E-state index contributed by atoms with van der Waals surface area (Å²) in [4.78, 5) is 30.7. The number of hydrogen-bond acceptors (Lipinski definition) is 8. The van der Waals surface area contributed by atoms with Crippen LogP contribution in [0.25, 0.3) is 11.4 Å². The van der Waals surface area contributed by atoms with Crippen LogP contribution in [0.3, 0.4) is 0 Å². The number of pyridine rings is 1. The molecule has 3 aliphatic rings. The minimum atomic E-state index is -0.333. The zero-order valence-corrected chi connectivity index (χ0v) is 20.6. The van der Waals surface area contributed by atoms with Gasteiger partial charge in [-0.25, -0.2) is 9.48 Å². The summed E-state index contributed by atoms with van der Waals surface area (Å²) in [5, 5.41) is 8.33. The van der Waals surface area contributed by atoms with Crippen molar-refractivity contribution in [2.75, 3.05) is 13.7 Å². The number of amides is 1. The third-order valence-electron chi connectivity index (χ3n) is 7.68. The van der Waals surface area contributed by atoms with Gasteiger partial charge in [0.05, 0.1) is 30.5 Å². The highest BCUT2D eigenvalue weighted by atomic mass is 16.6. The molecule has 0 radical (unpaired) electrons. The Kier molecular flexibility index (Phi) is 6.62. The van der Waals surface area contributed by atoms with Crippen molar-refractivity contribution in [3.05, 3.63) is 24.0 Å². The van der Waals surface area contributed by atoms with Crippen LogP contribution in [0.15, 0.2) is 18.3 Å². The van der Waals surface area contributed by atoms with E-state index in [2.05, 4.69) is 15.3 Å². The minimum Gasteiger partial charge on any atom is -0.489 e. The smallest absolute Gasteiger partial charge is 0.410 e. The number of carbonyl (C=O) groups excluding carboxylic acids is 2. The molecule has 3 fully saturated rings. The summed E-state index contributed by atoms with van der Waals surface area (Å²) in [7, 11) is 3.57. The van der Waals surface area contributed by atoms with Gasteiger partial charge in [0.25, 0.3) is 0 Å². The van der Waals surface area contributed by atoms with Crippen LogP contribution in [0.2, 0.25) is 0 Å². The predicted octanol–water partition coefficient (Wildman–Crippen LogP) is 3.35. The van der Waals surface area contributed by atoms with Crippen LogP contribution in [-0.2, 0) is 27.9 Å². The number of hydrogen-bond donors (Lipinski definition) is 0. The third-order valence-corrected chi connectivity index (χ3v) is 7.68. The van der Waals surface area contributed by atoms with Gasteiger partial charge in [0, 0.05) is 20.1 Å². The zero-order valence-electron chi connectivity index (χ0n) is 20.6. The van der Waals surface area contributed by atoms with Crippen LogP contribution in [-0.4, -0.2) is 62.7 Å². The predicted molar refractivity (Wildman–Crippen MR) is 125 cm³/mol. The van der Waals surface area contributed by atoms with Crippen molar-refractivity contribution in [1.29, 1.82) is 0 Å². The van der Waals surface area contributed by atoms with Gasteiger partial charge in [-0.05, 0) is 56.6 Å². The summed E-state index contributed by atoms with van der Waals surface area (Å²) in [5.74, 6) is 1.43. The van der Waals surface area contributed by atoms with Gasteiger partial charge in [-0.2, -0.15) is 0 Å². The Balaban J connectivity index is 1.16. The lowest BCUT2D eigenvalue weighted by Crippen LogP contribution is -2.35. The molecule has 0 aliphatic heterocycles. The molecule has 2 atom stereocenters. The van der Waals surface area contributed by atoms with Crippen molar-refractivity contribution in [1.82, 2.24) is 24.9 Å². The number of aromatic nitrogens is 4. The number of carbonyl (C=O) groups is 2. The average molecular weight is 484 g/mol. The molecule has 5 rings (SSSR count). The Hall–Kier alpha value is -3.17. The van der Waals surface area contributed by atoms with E-state index >= 15 is 0 Å². The fraction of sp³-hybridized carbons (Fsp3) is 0.640. The highest BCUT2D eigenvalue weighted by Crippen LogP contribution is 2.58. The second kappa shape index (κ2) is 9.83. The van der Waals surface area contributed by atoms with Crippen molar-refractivity contribution >= 4 is 12.1 Å². The monoisotopic (exact) mass is 483 g/mol. The van der Waals surface area contributed by atoms with E-state index in [-0.39, 0.29) is 36.7 Å².